The predicted octanol–water partition coefficient (Wildman–Crippen LogP) is 3.84. The van der Waals surface area contributed by atoms with Crippen LogP contribution in [-0.4, -0.2) is 43.9 Å². The van der Waals surface area contributed by atoms with Crippen LogP contribution in [0.15, 0.2) is 0 Å². The summed E-state index contributed by atoms with van der Waals surface area (Å²) >= 11 is 0. The van der Waals surface area contributed by atoms with Crippen LogP contribution in [0.1, 0.15) is 52.9 Å². The van der Waals surface area contributed by atoms with Crippen LogP contribution in [0.2, 0.25) is 0 Å². The molecule has 0 spiro atoms. The Bertz CT molecular complexity index is 283. The molecule has 1 unspecified atom stereocenters. The molecular formula is C14H30NO4P. The van der Waals surface area contributed by atoms with E-state index in [0.717, 1.165) is 32.5 Å². The van der Waals surface area contributed by atoms with Gasteiger partial charge in [0.2, 0.25) is 0 Å². The van der Waals surface area contributed by atoms with Crippen LogP contribution in [0, 0.1) is 0 Å². The molecule has 1 heterocycles. The van der Waals surface area contributed by atoms with Crippen LogP contribution in [0.4, 0.5) is 0 Å². The van der Waals surface area contributed by atoms with Gasteiger partial charge >= 0.3 is 7.82 Å². The largest absolute Gasteiger partial charge is 0.475 e. The lowest BCUT2D eigenvalue weighted by Crippen LogP contribution is -2.36. The minimum atomic E-state index is -3.40. The molecule has 0 aromatic carbocycles. The number of phosphoric ester groups is 1. The van der Waals surface area contributed by atoms with Crippen molar-refractivity contribution in [2.45, 2.75) is 59.0 Å². The highest BCUT2D eigenvalue weighted by Gasteiger charge is 2.29. The molecule has 5 nitrogen and oxygen atoms in total. The molecule has 1 aliphatic heterocycles. The third-order valence-electron chi connectivity index (χ3n) is 3.18. The number of nitrogens with zero attached hydrogens (tertiary/aromatic N) is 1. The van der Waals surface area contributed by atoms with Gasteiger partial charge in [-0.05, 0) is 45.7 Å². The van der Waals surface area contributed by atoms with E-state index in [1.54, 1.807) is 0 Å². The van der Waals surface area contributed by atoms with Crippen molar-refractivity contribution in [1.29, 1.82) is 0 Å². The molecule has 0 aliphatic carbocycles. The zero-order valence-electron chi connectivity index (χ0n) is 13.2. The summed E-state index contributed by atoms with van der Waals surface area (Å²) in [4.78, 5) is 2.36. The van der Waals surface area contributed by atoms with Gasteiger partial charge < -0.3 is 4.90 Å². The molecule has 0 N–H and O–H groups in total. The lowest BCUT2D eigenvalue weighted by molar-refractivity contribution is 0.0621. The van der Waals surface area contributed by atoms with Crippen LogP contribution in [0.3, 0.4) is 0 Å². The Morgan fingerprint density at radius 1 is 1.05 bits per heavy atom. The summed E-state index contributed by atoms with van der Waals surface area (Å²) in [6.07, 6.45) is 5.23. The first-order valence-electron chi connectivity index (χ1n) is 7.89. The highest BCUT2D eigenvalue weighted by atomic mass is 31.2. The Hall–Kier alpha value is 0.0700. The average molecular weight is 307 g/mol. The van der Waals surface area contributed by atoms with E-state index in [-0.39, 0.29) is 6.10 Å². The van der Waals surface area contributed by atoms with Gasteiger partial charge in [0.05, 0.1) is 19.3 Å². The topological polar surface area (TPSA) is 48.0 Å². The summed E-state index contributed by atoms with van der Waals surface area (Å²) in [5.41, 5.74) is 0. The number of rotatable bonds is 10. The smallest absolute Gasteiger partial charge is 0.301 e. The van der Waals surface area contributed by atoms with Crippen molar-refractivity contribution in [3.05, 3.63) is 0 Å². The van der Waals surface area contributed by atoms with Gasteiger partial charge in [-0.25, -0.2) is 4.57 Å². The second kappa shape index (κ2) is 9.91. The second-order valence-corrected chi connectivity index (χ2v) is 7.01. The van der Waals surface area contributed by atoms with Gasteiger partial charge in [-0.1, -0.05) is 20.3 Å². The summed E-state index contributed by atoms with van der Waals surface area (Å²) in [5.74, 6) is 0. The van der Waals surface area contributed by atoms with E-state index in [1.165, 1.54) is 19.3 Å². The van der Waals surface area contributed by atoms with E-state index < -0.39 is 7.82 Å². The Kier molecular flexibility index (Phi) is 8.98. The van der Waals surface area contributed by atoms with E-state index in [2.05, 4.69) is 4.90 Å². The van der Waals surface area contributed by atoms with Crippen molar-refractivity contribution in [2.24, 2.45) is 0 Å². The second-order valence-electron chi connectivity index (χ2n) is 5.39. The molecule has 1 saturated heterocycles. The summed E-state index contributed by atoms with van der Waals surface area (Å²) in [7, 11) is -3.40. The number of piperidine rings is 1. The molecule has 0 radical (unpaired) electrons. The Balaban J connectivity index is 2.42. The van der Waals surface area contributed by atoms with Gasteiger partial charge in [-0.15, -0.1) is 0 Å². The molecular weight excluding hydrogens is 277 g/mol. The van der Waals surface area contributed by atoms with E-state index in [4.69, 9.17) is 13.6 Å². The van der Waals surface area contributed by atoms with Gasteiger partial charge in [0.25, 0.3) is 0 Å². The van der Waals surface area contributed by atoms with Crippen molar-refractivity contribution >= 4 is 7.82 Å². The standard InChI is InChI=1S/C14H30NO4P/c1-4-11-17-20(16,18-12-5-2)19-14(3)13-15-9-7-6-8-10-15/h14H,4-13H2,1-3H3. The molecule has 1 fully saturated rings. The third-order valence-corrected chi connectivity index (χ3v) is 4.80. The Morgan fingerprint density at radius 3 is 2.10 bits per heavy atom. The quantitative estimate of drug-likeness (QED) is 0.574. The highest BCUT2D eigenvalue weighted by molar-refractivity contribution is 7.48. The molecule has 1 rings (SSSR count). The summed E-state index contributed by atoms with van der Waals surface area (Å²) in [5, 5.41) is 0. The van der Waals surface area contributed by atoms with Gasteiger partial charge in [-0.3, -0.25) is 13.6 Å². The van der Waals surface area contributed by atoms with Crippen LogP contribution in [0.5, 0.6) is 0 Å². The lowest BCUT2D eigenvalue weighted by Gasteiger charge is -2.30. The molecule has 1 aliphatic rings. The van der Waals surface area contributed by atoms with E-state index in [0.29, 0.717) is 13.2 Å². The van der Waals surface area contributed by atoms with Crippen LogP contribution >= 0.6 is 7.82 Å². The molecule has 0 aromatic rings. The maximum Gasteiger partial charge on any atom is 0.475 e. The number of likely N-dealkylation sites (tertiary alicyclic amines) is 1. The van der Waals surface area contributed by atoms with E-state index in [9.17, 15) is 4.57 Å². The molecule has 20 heavy (non-hydrogen) atoms. The fraction of sp³-hybridized carbons (Fsp3) is 1.00. The Labute approximate surface area is 123 Å². The monoisotopic (exact) mass is 307 g/mol. The molecule has 120 valence electrons. The van der Waals surface area contributed by atoms with Gasteiger partial charge in [0, 0.05) is 6.54 Å². The van der Waals surface area contributed by atoms with E-state index in [1.807, 2.05) is 20.8 Å². The third kappa shape index (κ3) is 7.19. The molecule has 0 amide bonds. The minimum Gasteiger partial charge on any atom is -0.301 e. The van der Waals surface area contributed by atoms with Crippen LogP contribution < -0.4 is 0 Å². The molecule has 6 heteroatoms. The van der Waals surface area contributed by atoms with Crippen molar-refractivity contribution in [2.75, 3.05) is 32.8 Å². The summed E-state index contributed by atoms with van der Waals surface area (Å²) < 4.78 is 28.8. The zero-order chi connectivity index (χ0) is 14.8. The first kappa shape index (κ1) is 18.1. The van der Waals surface area contributed by atoms with Crippen LogP contribution in [-0.2, 0) is 18.1 Å². The van der Waals surface area contributed by atoms with Crippen molar-refractivity contribution < 1.29 is 18.1 Å². The number of hydrogen-bond acceptors (Lipinski definition) is 5. The van der Waals surface area contributed by atoms with Crippen molar-refractivity contribution in [3.8, 4) is 0 Å². The first-order valence-corrected chi connectivity index (χ1v) is 9.35. The molecule has 0 bridgehead atoms. The highest BCUT2D eigenvalue weighted by Crippen LogP contribution is 2.50. The maximum atomic E-state index is 12.5. The fourth-order valence-corrected chi connectivity index (χ4v) is 3.78. The molecule has 0 aromatic heterocycles. The average Bonchev–Trinajstić information content (AvgIpc) is 2.44. The van der Waals surface area contributed by atoms with Gasteiger partial charge in [0.1, 0.15) is 0 Å². The maximum absolute atomic E-state index is 12.5. The number of hydrogen-bond donors (Lipinski definition) is 0. The van der Waals surface area contributed by atoms with E-state index >= 15 is 0 Å². The van der Waals surface area contributed by atoms with Crippen LogP contribution in [0.25, 0.3) is 0 Å². The molecule has 1 atom stereocenters. The summed E-state index contributed by atoms with van der Waals surface area (Å²) in [6, 6.07) is 0. The Morgan fingerprint density at radius 2 is 1.60 bits per heavy atom. The van der Waals surface area contributed by atoms with Crippen molar-refractivity contribution in [1.82, 2.24) is 4.90 Å². The normalized spacial score (nSPS) is 19.1. The first-order chi connectivity index (χ1) is 9.59. The minimum absolute atomic E-state index is 0.146. The van der Waals surface area contributed by atoms with Crippen molar-refractivity contribution in [3.63, 3.8) is 0 Å². The predicted molar refractivity (Wildman–Crippen MR) is 80.9 cm³/mol. The van der Waals surface area contributed by atoms with Gasteiger partial charge in [0.15, 0.2) is 0 Å². The van der Waals surface area contributed by atoms with Gasteiger partial charge in [-0.2, -0.15) is 0 Å². The molecule has 0 saturated carbocycles. The summed E-state index contributed by atoms with van der Waals surface area (Å²) in [6.45, 7) is 9.67. The fourth-order valence-electron chi connectivity index (χ4n) is 2.26. The lowest BCUT2D eigenvalue weighted by atomic mass is 10.1. The zero-order valence-corrected chi connectivity index (χ0v) is 14.1. The SMILES string of the molecule is CCCOP(=O)(OCCC)OC(C)CN1CCCCC1. The number of phosphoric acid groups is 1.